The van der Waals surface area contributed by atoms with Gasteiger partial charge < -0.3 is 0 Å². The van der Waals surface area contributed by atoms with E-state index < -0.39 is 0 Å². The Morgan fingerprint density at radius 2 is 0.980 bits per heavy atom. The molecule has 2 nitrogen and oxygen atoms in total. The highest BCUT2D eigenvalue weighted by Crippen LogP contribution is 2.40. The lowest BCUT2D eigenvalue weighted by Gasteiger charge is -2.09. The van der Waals surface area contributed by atoms with Gasteiger partial charge in [-0.05, 0) is 123 Å². The molecule has 0 spiro atoms. The molecule has 51 heavy (non-hydrogen) atoms. The lowest BCUT2D eigenvalue weighted by atomic mass is 10.2. The van der Waals surface area contributed by atoms with Crippen LogP contribution in [-0.4, -0.2) is 0 Å². The molecule has 0 aliphatic rings. The van der Waals surface area contributed by atoms with E-state index in [1.165, 1.54) is 33.6 Å². The molecule has 0 saturated carbocycles. The summed E-state index contributed by atoms with van der Waals surface area (Å²) in [6, 6.07) is 35.2. The van der Waals surface area contributed by atoms with Crippen molar-refractivity contribution in [2.24, 2.45) is 0 Å². The second-order valence-electron chi connectivity index (χ2n) is 12.1. The minimum absolute atomic E-state index is 0.00733. The molecule has 8 aromatic rings. The molecule has 2 aromatic heterocycles. The fourth-order valence-corrected chi connectivity index (χ4v) is 10.4. The topological polar surface area (TPSA) is 34.1 Å². The summed E-state index contributed by atoms with van der Waals surface area (Å²) in [5.74, 6) is 0. The van der Waals surface area contributed by atoms with Gasteiger partial charge in [-0.1, -0.05) is 83.0 Å². The van der Waals surface area contributed by atoms with Crippen LogP contribution in [0.3, 0.4) is 0 Å². The van der Waals surface area contributed by atoms with Crippen molar-refractivity contribution in [3.63, 3.8) is 0 Å². The summed E-state index contributed by atoms with van der Waals surface area (Å²) in [5.41, 5.74) is 5.08. The van der Waals surface area contributed by atoms with Crippen LogP contribution < -0.4 is 10.9 Å². The van der Waals surface area contributed by atoms with Crippen LogP contribution in [0.5, 0.6) is 0 Å². The monoisotopic (exact) mass is 800 g/mol. The molecule has 0 unspecified atom stereocenters. The molecular formula is C42H31Cl3O2S4. The predicted molar refractivity (Wildman–Crippen MR) is 229 cm³/mol. The van der Waals surface area contributed by atoms with Crippen LogP contribution in [0.4, 0.5) is 0 Å². The van der Waals surface area contributed by atoms with Crippen molar-refractivity contribution in [3.05, 3.63) is 167 Å². The third-order valence-electron chi connectivity index (χ3n) is 7.92. The van der Waals surface area contributed by atoms with Crippen LogP contribution in [0.15, 0.2) is 133 Å². The number of halogens is 3. The Morgan fingerprint density at radius 1 is 0.529 bits per heavy atom. The van der Waals surface area contributed by atoms with Crippen LogP contribution in [0.25, 0.3) is 40.3 Å². The van der Waals surface area contributed by atoms with E-state index in [1.807, 2.05) is 60.7 Å². The van der Waals surface area contributed by atoms with Gasteiger partial charge >= 0.3 is 0 Å². The number of thiol groups is 1. The molecule has 0 bridgehead atoms. The van der Waals surface area contributed by atoms with Crippen LogP contribution in [-0.2, 0) is 0 Å². The number of aryl methyl sites for hydroxylation is 4. The first-order valence-electron chi connectivity index (χ1n) is 15.9. The van der Waals surface area contributed by atoms with E-state index in [0.717, 1.165) is 44.3 Å². The number of fused-ring (bicyclic) bond motifs is 4. The lowest BCUT2D eigenvalue weighted by Crippen LogP contribution is -2.01. The highest BCUT2D eigenvalue weighted by molar-refractivity contribution is 7.99. The Kier molecular flexibility index (Phi) is 11.8. The summed E-state index contributed by atoms with van der Waals surface area (Å²) < 4.78 is 3.51. The zero-order chi connectivity index (χ0) is 36.4. The minimum atomic E-state index is 0.00733. The molecule has 9 heteroatoms. The number of hydrogen-bond donors (Lipinski definition) is 1. The van der Waals surface area contributed by atoms with Crippen molar-refractivity contribution < 1.29 is 0 Å². The van der Waals surface area contributed by atoms with Gasteiger partial charge in [-0.25, -0.2) is 0 Å². The Hall–Kier alpha value is -3.33. The second-order valence-corrected chi connectivity index (χ2v) is 17.0. The van der Waals surface area contributed by atoms with E-state index in [9.17, 15) is 9.59 Å². The van der Waals surface area contributed by atoms with Crippen LogP contribution in [0.1, 0.15) is 22.3 Å². The average Bonchev–Trinajstić information content (AvgIpc) is 3.08. The first-order chi connectivity index (χ1) is 24.4. The Morgan fingerprint density at radius 3 is 1.49 bits per heavy atom. The fourth-order valence-electron chi connectivity index (χ4n) is 5.77. The molecule has 256 valence electrons. The first kappa shape index (κ1) is 37.4. The lowest BCUT2D eigenvalue weighted by molar-refractivity contribution is 1.29. The van der Waals surface area contributed by atoms with Gasteiger partial charge in [0.2, 0.25) is 0 Å². The zero-order valence-electron chi connectivity index (χ0n) is 28.0. The van der Waals surface area contributed by atoms with Crippen LogP contribution >= 0.6 is 81.9 Å². The Balaban J connectivity index is 0.000000148. The van der Waals surface area contributed by atoms with Gasteiger partial charge in [0.25, 0.3) is 0 Å². The van der Waals surface area contributed by atoms with Gasteiger partial charge in [0.1, 0.15) is 0 Å². The molecule has 0 amide bonds. The van der Waals surface area contributed by atoms with Gasteiger partial charge in [-0.2, -0.15) is 0 Å². The zero-order valence-corrected chi connectivity index (χ0v) is 33.6. The summed E-state index contributed by atoms with van der Waals surface area (Å²) in [5, 5.41) is 4.40. The quantitative estimate of drug-likeness (QED) is 0.140. The predicted octanol–water partition coefficient (Wildman–Crippen LogP) is 14.1. The molecule has 0 radical (unpaired) electrons. The second kappa shape index (κ2) is 16.1. The van der Waals surface area contributed by atoms with Gasteiger partial charge in [0, 0.05) is 45.6 Å². The Bertz CT molecular complexity index is 2650. The summed E-state index contributed by atoms with van der Waals surface area (Å²) in [4.78, 5) is 28.2. The number of rotatable bonds is 2. The van der Waals surface area contributed by atoms with Gasteiger partial charge in [-0.15, -0.1) is 35.3 Å². The maximum absolute atomic E-state index is 12.7. The van der Waals surface area contributed by atoms with E-state index in [2.05, 4.69) is 76.7 Å². The van der Waals surface area contributed by atoms with E-state index in [4.69, 9.17) is 34.8 Å². The van der Waals surface area contributed by atoms with E-state index in [-0.39, 0.29) is 10.9 Å². The van der Waals surface area contributed by atoms with Gasteiger partial charge in [0.15, 0.2) is 10.9 Å². The maximum atomic E-state index is 12.7. The van der Waals surface area contributed by atoms with Crippen molar-refractivity contribution in [1.82, 2.24) is 0 Å². The molecule has 0 fully saturated rings. The van der Waals surface area contributed by atoms with Gasteiger partial charge in [-0.3, -0.25) is 9.59 Å². The largest absolute Gasteiger partial charge is 0.289 e. The standard InChI is InChI=1S/C21H15ClOS2.C13H6Cl2OS.C8H10S/c1-12-9-13(2)11-14(10-12)24-18-8-7-16-20(23)15-5-3-4-6-17(15)25-21(16)19(18)22;14-9-6-5-8-12(16)7-3-1-2-4-10(7)17-13(8)11(9)15;1-6-3-7(2)5-8(9)4-6/h3-11H,1-2H3;1-6H;3-5,9H,1-2H3. The van der Waals surface area contributed by atoms with Crippen molar-refractivity contribution in [2.45, 2.75) is 42.4 Å². The fraction of sp³-hybridized carbons (Fsp3) is 0.0952. The van der Waals surface area contributed by atoms with Crippen molar-refractivity contribution in [2.75, 3.05) is 0 Å². The normalized spacial score (nSPS) is 11.0. The summed E-state index contributed by atoms with van der Waals surface area (Å²) in [6.07, 6.45) is 0. The average molecular weight is 802 g/mol. The highest BCUT2D eigenvalue weighted by atomic mass is 35.5. The number of hydrogen-bond acceptors (Lipinski definition) is 6. The smallest absolute Gasteiger partial charge is 0.195 e. The minimum Gasteiger partial charge on any atom is -0.289 e. The van der Waals surface area contributed by atoms with Gasteiger partial charge in [0.05, 0.1) is 24.5 Å². The van der Waals surface area contributed by atoms with E-state index >= 15 is 0 Å². The Labute approximate surface area is 329 Å². The third-order valence-corrected chi connectivity index (χ3v) is 13.1. The maximum Gasteiger partial charge on any atom is 0.195 e. The van der Waals surface area contributed by atoms with Crippen LogP contribution in [0.2, 0.25) is 15.1 Å². The molecule has 0 aliphatic heterocycles. The molecular weight excluding hydrogens is 771 g/mol. The molecule has 0 saturated heterocycles. The first-order valence-corrected chi connectivity index (χ1v) is 19.9. The molecule has 0 atom stereocenters. The molecule has 0 N–H and O–H groups in total. The molecule has 0 aliphatic carbocycles. The molecule has 8 rings (SSSR count). The van der Waals surface area contributed by atoms with Crippen molar-refractivity contribution >= 4 is 122 Å². The molecule has 6 aromatic carbocycles. The van der Waals surface area contributed by atoms with Crippen LogP contribution in [0, 0.1) is 27.7 Å². The van der Waals surface area contributed by atoms with E-state index in [0.29, 0.717) is 25.8 Å². The highest BCUT2D eigenvalue weighted by Gasteiger charge is 2.13. The third kappa shape index (κ3) is 8.50. The molecule has 2 heterocycles. The summed E-state index contributed by atoms with van der Waals surface area (Å²) in [6.45, 7) is 8.34. The number of benzene rings is 6. The summed E-state index contributed by atoms with van der Waals surface area (Å²) >= 11 is 27.7. The SMILES string of the molecule is Cc1cc(C)cc(S)c1.Cc1cc(C)cc(Sc2ccc3c(=O)c4ccccc4sc3c2Cl)c1.O=c1c2ccccc2sc2c(Cl)c(Cl)ccc12. The summed E-state index contributed by atoms with van der Waals surface area (Å²) in [7, 11) is 0. The van der Waals surface area contributed by atoms with Crippen molar-refractivity contribution in [3.8, 4) is 0 Å². The van der Waals surface area contributed by atoms with Crippen molar-refractivity contribution in [1.29, 1.82) is 0 Å². The van der Waals surface area contributed by atoms with E-state index in [1.54, 1.807) is 35.2 Å².